The lowest BCUT2D eigenvalue weighted by Gasteiger charge is -2.09. The maximum atomic E-state index is 12.2. The highest BCUT2D eigenvalue weighted by molar-refractivity contribution is 6.06. The predicted octanol–water partition coefficient (Wildman–Crippen LogP) is 2.76. The van der Waals surface area contributed by atoms with Crippen molar-refractivity contribution in [3.63, 3.8) is 0 Å². The Morgan fingerprint density at radius 2 is 1.90 bits per heavy atom. The quantitative estimate of drug-likeness (QED) is 0.743. The van der Waals surface area contributed by atoms with Crippen molar-refractivity contribution in [2.24, 2.45) is 0 Å². The van der Waals surface area contributed by atoms with Gasteiger partial charge < -0.3 is 9.88 Å². The standard InChI is InChI=1S/C17H15N3O/c1-11-5-2-3-6-12(11)16-19-14-8-4-7-13-15(14)20(16)10-9-18-17(13)21/h2-8H,9-10H2,1H3,(H,18,21). The molecule has 1 aliphatic rings. The summed E-state index contributed by atoms with van der Waals surface area (Å²) in [6.45, 7) is 3.45. The molecule has 1 amide bonds. The number of benzene rings is 2. The molecular weight excluding hydrogens is 262 g/mol. The van der Waals surface area contributed by atoms with Crippen molar-refractivity contribution in [3.8, 4) is 11.4 Å². The first-order valence-electron chi connectivity index (χ1n) is 7.09. The van der Waals surface area contributed by atoms with Crippen molar-refractivity contribution in [3.05, 3.63) is 53.6 Å². The first-order valence-corrected chi connectivity index (χ1v) is 7.09. The monoisotopic (exact) mass is 277 g/mol. The first kappa shape index (κ1) is 12.1. The average molecular weight is 277 g/mol. The maximum Gasteiger partial charge on any atom is 0.253 e. The average Bonchev–Trinajstić information content (AvgIpc) is 2.77. The highest BCUT2D eigenvalue weighted by Gasteiger charge is 2.21. The van der Waals surface area contributed by atoms with Gasteiger partial charge in [0, 0.05) is 18.7 Å². The lowest BCUT2D eigenvalue weighted by molar-refractivity contribution is 0.0956. The van der Waals surface area contributed by atoms with E-state index in [2.05, 4.69) is 28.9 Å². The number of carbonyl (C=O) groups excluding carboxylic acids is 1. The molecule has 3 aromatic rings. The van der Waals surface area contributed by atoms with E-state index >= 15 is 0 Å². The molecule has 1 N–H and O–H groups in total. The number of para-hydroxylation sites is 1. The number of rotatable bonds is 1. The minimum absolute atomic E-state index is 0.0180. The third-order valence-electron chi connectivity index (χ3n) is 4.02. The second kappa shape index (κ2) is 4.45. The van der Waals surface area contributed by atoms with E-state index in [4.69, 9.17) is 4.98 Å². The molecule has 21 heavy (non-hydrogen) atoms. The third-order valence-corrected chi connectivity index (χ3v) is 4.02. The second-order valence-electron chi connectivity index (χ2n) is 5.33. The van der Waals surface area contributed by atoms with E-state index in [1.165, 1.54) is 5.56 Å². The van der Waals surface area contributed by atoms with Crippen molar-refractivity contribution in [2.75, 3.05) is 6.54 Å². The molecule has 0 radical (unpaired) electrons. The van der Waals surface area contributed by atoms with Crippen LogP contribution < -0.4 is 5.32 Å². The number of aryl methyl sites for hydroxylation is 1. The number of carbonyl (C=O) groups is 1. The number of hydrogen-bond donors (Lipinski definition) is 1. The van der Waals surface area contributed by atoms with Gasteiger partial charge in [0.1, 0.15) is 5.82 Å². The molecule has 0 spiro atoms. The molecule has 4 heteroatoms. The topological polar surface area (TPSA) is 46.9 Å². The summed E-state index contributed by atoms with van der Waals surface area (Å²) in [5, 5.41) is 2.94. The van der Waals surface area contributed by atoms with Crippen LogP contribution in [0.5, 0.6) is 0 Å². The molecule has 0 unspecified atom stereocenters. The van der Waals surface area contributed by atoms with Gasteiger partial charge in [0.25, 0.3) is 5.91 Å². The SMILES string of the molecule is Cc1ccccc1-c1nc2cccc3c2n1CCNC3=O. The van der Waals surface area contributed by atoms with E-state index in [1.807, 2.05) is 30.3 Å². The van der Waals surface area contributed by atoms with Gasteiger partial charge in [-0.25, -0.2) is 4.98 Å². The molecule has 4 nitrogen and oxygen atoms in total. The van der Waals surface area contributed by atoms with Crippen LogP contribution in [-0.4, -0.2) is 22.0 Å². The molecule has 104 valence electrons. The van der Waals surface area contributed by atoms with Crippen LogP contribution in [0, 0.1) is 6.92 Å². The summed E-state index contributed by atoms with van der Waals surface area (Å²) < 4.78 is 2.16. The summed E-state index contributed by atoms with van der Waals surface area (Å²) in [6.07, 6.45) is 0. The van der Waals surface area contributed by atoms with Crippen LogP contribution in [0.2, 0.25) is 0 Å². The second-order valence-corrected chi connectivity index (χ2v) is 5.33. The summed E-state index contributed by atoms with van der Waals surface area (Å²) in [5.74, 6) is 0.919. The molecule has 2 heterocycles. The number of imidazole rings is 1. The summed E-state index contributed by atoms with van der Waals surface area (Å²) in [5.41, 5.74) is 4.83. The zero-order valence-corrected chi connectivity index (χ0v) is 11.8. The van der Waals surface area contributed by atoms with Crippen LogP contribution in [0.25, 0.3) is 22.4 Å². The van der Waals surface area contributed by atoms with Crippen LogP contribution in [0.1, 0.15) is 15.9 Å². The highest BCUT2D eigenvalue weighted by Crippen LogP contribution is 2.29. The fourth-order valence-corrected chi connectivity index (χ4v) is 2.99. The van der Waals surface area contributed by atoms with Gasteiger partial charge in [-0.1, -0.05) is 30.3 Å². The van der Waals surface area contributed by atoms with Crippen molar-refractivity contribution < 1.29 is 4.79 Å². The molecular formula is C17H15N3O. The minimum atomic E-state index is -0.0180. The Hall–Kier alpha value is -2.62. The van der Waals surface area contributed by atoms with Crippen LogP contribution in [0.3, 0.4) is 0 Å². The van der Waals surface area contributed by atoms with Gasteiger partial charge >= 0.3 is 0 Å². The lowest BCUT2D eigenvalue weighted by atomic mass is 10.1. The Labute approximate surface area is 122 Å². The summed E-state index contributed by atoms with van der Waals surface area (Å²) in [6, 6.07) is 13.9. The number of amides is 1. The molecule has 0 aliphatic carbocycles. The van der Waals surface area contributed by atoms with E-state index in [0.29, 0.717) is 12.1 Å². The first-order chi connectivity index (χ1) is 10.3. The molecule has 0 atom stereocenters. The zero-order valence-electron chi connectivity index (χ0n) is 11.8. The summed E-state index contributed by atoms with van der Waals surface area (Å²) in [7, 11) is 0. The molecule has 1 aliphatic heterocycles. The van der Waals surface area contributed by atoms with Crippen molar-refractivity contribution >= 4 is 16.9 Å². The van der Waals surface area contributed by atoms with E-state index in [1.54, 1.807) is 0 Å². The summed E-state index contributed by atoms with van der Waals surface area (Å²) in [4.78, 5) is 16.9. The molecule has 0 saturated carbocycles. The van der Waals surface area contributed by atoms with E-state index < -0.39 is 0 Å². The van der Waals surface area contributed by atoms with Gasteiger partial charge in [0.05, 0.1) is 16.6 Å². The number of aromatic nitrogens is 2. The van der Waals surface area contributed by atoms with Crippen molar-refractivity contribution in [1.82, 2.24) is 14.9 Å². The van der Waals surface area contributed by atoms with Crippen LogP contribution in [-0.2, 0) is 6.54 Å². The Morgan fingerprint density at radius 1 is 1.10 bits per heavy atom. The lowest BCUT2D eigenvalue weighted by Crippen LogP contribution is -2.24. The van der Waals surface area contributed by atoms with E-state index in [-0.39, 0.29) is 5.91 Å². The molecule has 2 aromatic carbocycles. The number of hydrogen-bond acceptors (Lipinski definition) is 2. The van der Waals surface area contributed by atoms with Crippen LogP contribution in [0.15, 0.2) is 42.5 Å². The van der Waals surface area contributed by atoms with Crippen molar-refractivity contribution in [2.45, 2.75) is 13.5 Å². The minimum Gasteiger partial charge on any atom is -0.350 e. The van der Waals surface area contributed by atoms with Crippen molar-refractivity contribution in [1.29, 1.82) is 0 Å². The highest BCUT2D eigenvalue weighted by atomic mass is 16.1. The van der Waals surface area contributed by atoms with Gasteiger partial charge in [-0.2, -0.15) is 0 Å². The predicted molar refractivity (Wildman–Crippen MR) is 82.2 cm³/mol. The Kier molecular flexibility index (Phi) is 2.57. The van der Waals surface area contributed by atoms with Gasteiger partial charge in [0.15, 0.2) is 0 Å². The van der Waals surface area contributed by atoms with Gasteiger partial charge in [-0.15, -0.1) is 0 Å². The molecule has 1 aromatic heterocycles. The fraction of sp³-hybridized carbons (Fsp3) is 0.176. The molecule has 0 bridgehead atoms. The normalized spacial score (nSPS) is 14.0. The Balaban J connectivity index is 2.08. The summed E-state index contributed by atoms with van der Waals surface area (Å²) >= 11 is 0. The van der Waals surface area contributed by atoms with Crippen LogP contribution >= 0.6 is 0 Å². The molecule has 0 fully saturated rings. The largest absolute Gasteiger partial charge is 0.350 e. The number of nitrogens with one attached hydrogen (secondary N) is 1. The third kappa shape index (κ3) is 1.76. The molecule has 4 rings (SSSR count). The maximum absolute atomic E-state index is 12.2. The van der Waals surface area contributed by atoms with Gasteiger partial charge in [0.2, 0.25) is 0 Å². The smallest absolute Gasteiger partial charge is 0.253 e. The van der Waals surface area contributed by atoms with E-state index in [0.717, 1.165) is 29.0 Å². The van der Waals surface area contributed by atoms with Crippen LogP contribution in [0.4, 0.5) is 0 Å². The fourth-order valence-electron chi connectivity index (χ4n) is 2.99. The number of nitrogens with zero attached hydrogens (tertiary/aromatic N) is 2. The molecule has 0 saturated heterocycles. The van der Waals surface area contributed by atoms with Gasteiger partial charge in [-0.3, -0.25) is 4.79 Å². The zero-order chi connectivity index (χ0) is 14.4. The van der Waals surface area contributed by atoms with E-state index in [9.17, 15) is 4.79 Å². The van der Waals surface area contributed by atoms with Gasteiger partial charge in [-0.05, 0) is 24.6 Å². The Morgan fingerprint density at radius 3 is 2.76 bits per heavy atom. The Bertz CT molecular complexity index is 864.